The maximum absolute atomic E-state index is 12.9. The van der Waals surface area contributed by atoms with Crippen LogP contribution in [0.25, 0.3) is 11.3 Å². The van der Waals surface area contributed by atoms with Crippen molar-refractivity contribution in [2.24, 2.45) is 0 Å². The Morgan fingerprint density at radius 2 is 1.91 bits per heavy atom. The number of nitrogens with zero attached hydrogens (tertiary/aromatic N) is 2. The second-order valence-electron chi connectivity index (χ2n) is 8.83. The second kappa shape index (κ2) is 9.19. The second-order valence-corrected chi connectivity index (χ2v) is 8.83. The lowest BCUT2D eigenvalue weighted by atomic mass is 10.0. The smallest absolute Gasteiger partial charge is 0.255 e. The van der Waals surface area contributed by atoms with Crippen LogP contribution >= 0.6 is 0 Å². The van der Waals surface area contributed by atoms with Crippen LogP contribution in [0.5, 0.6) is 0 Å². The summed E-state index contributed by atoms with van der Waals surface area (Å²) >= 11 is 0. The fraction of sp³-hybridized carbons (Fsp3) is 0.259. The third kappa shape index (κ3) is 4.34. The summed E-state index contributed by atoms with van der Waals surface area (Å²) in [5, 5.41) is 5.89. The Balaban J connectivity index is 1.30. The average Bonchev–Trinajstić information content (AvgIpc) is 3.18. The molecule has 0 bridgehead atoms. The van der Waals surface area contributed by atoms with Crippen LogP contribution in [0.4, 0.5) is 0 Å². The highest BCUT2D eigenvalue weighted by molar-refractivity contribution is 6.05. The van der Waals surface area contributed by atoms with Crippen molar-refractivity contribution < 1.29 is 14.4 Å². The number of rotatable bonds is 6. The minimum atomic E-state index is -0.611. The number of piperidine rings is 1. The van der Waals surface area contributed by atoms with Gasteiger partial charge in [-0.25, -0.2) is 0 Å². The molecule has 7 heteroatoms. The number of imide groups is 1. The maximum atomic E-state index is 12.9. The van der Waals surface area contributed by atoms with E-state index < -0.39 is 11.9 Å². The largest absolute Gasteiger partial charge is 0.322 e. The molecule has 0 aliphatic carbocycles. The van der Waals surface area contributed by atoms with E-state index in [4.69, 9.17) is 0 Å². The number of carbonyl (C=O) groups is 3. The summed E-state index contributed by atoms with van der Waals surface area (Å²) in [5.74, 6) is -0.854. The van der Waals surface area contributed by atoms with E-state index in [-0.39, 0.29) is 24.3 Å². The fourth-order valence-electron chi connectivity index (χ4n) is 4.61. The average molecular weight is 455 g/mol. The van der Waals surface area contributed by atoms with Gasteiger partial charge in [-0.1, -0.05) is 36.4 Å². The van der Waals surface area contributed by atoms with Crippen LogP contribution in [-0.2, 0) is 22.7 Å². The molecule has 34 heavy (non-hydrogen) atoms. The highest BCUT2D eigenvalue weighted by atomic mass is 16.2. The monoisotopic (exact) mass is 454 g/mol. The SMILES string of the molecule is C[C@H](NCc1ccnc(-c2ccc3c(c2)CN(C2CCC(=O)NC2=O)C3=O)c1)c1ccccc1. The molecule has 3 amide bonds. The molecule has 2 N–H and O–H groups in total. The van der Waals surface area contributed by atoms with E-state index in [0.29, 0.717) is 25.1 Å². The number of nitrogens with one attached hydrogen (secondary N) is 2. The molecule has 0 radical (unpaired) electrons. The molecule has 1 aromatic heterocycles. The summed E-state index contributed by atoms with van der Waals surface area (Å²) < 4.78 is 0. The Kier molecular flexibility index (Phi) is 5.94. The third-order valence-electron chi connectivity index (χ3n) is 6.56. The zero-order chi connectivity index (χ0) is 23.7. The lowest BCUT2D eigenvalue weighted by Gasteiger charge is -2.29. The molecule has 3 aromatic rings. The summed E-state index contributed by atoms with van der Waals surface area (Å²) in [7, 11) is 0. The van der Waals surface area contributed by atoms with Crippen molar-refractivity contribution in [3.8, 4) is 11.3 Å². The Bertz CT molecular complexity index is 1260. The van der Waals surface area contributed by atoms with E-state index >= 15 is 0 Å². The quantitative estimate of drug-likeness (QED) is 0.558. The van der Waals surface area contributed by atoms with Gasteiger partial charge in [0.05, 0.1) is 5.69 Å². The number of carbonyl (C=O) groups excluding carboxylic acids is 3. The molecule has 2 aliphatic rings. The molecule has 1 saturated heterocycles. The molecule has 0 saturated carbocycles. The first-order chi connectivity index (χ1) is 16.5. The molecule has 3 heterocycles. The summed E-state index contributed by atoms with van der Waals surface area (Å²) in [6.45, 7) is 3.20. The highest BCUT2D eigenvalue weighted by Crippen LogP contribution is 2.31. The van der Waals surface area contributed by atoms with E-state index in [9.17, 15) is 14.4 Å². The topological polar surface area (TPSA) is 91.4 Å². The first-order valence-electron chi connectivity index (χ1n) is 11.5. The molecule has 0 spiro atoms. The van der Waals surface area contributed by atoms with Gasteiger partial charge in [0, 0.05) is 42.9 Å². The number of amides is 3. The van der Waals surface area contributed by atoms with Crippen LogP contribution in [-0.4, -0.2) is 33.6 Å². The van der Waals surface area contributed by atoms with E-state index in [1.165, 1.54) is 5.56 Å². The predicted molar refractivity (Wildman–Crippen MR) is 127 cm³/mol. The zero-order valence-corrected chi connectivity index (χ0v) is 19.0. The molecule has 2 atom stereocenters. The molecule has 172 valence electrons. The molecule has 2 aromatic carbocycles. The Morgan fingerprint density at radius 1 is 1.09 bits per heavy atom. The van der Waals surface area contributed by atoms with Gasteiger partial charge in [0.1, 0.15) is 6.04 Å². The van der Waals surface area contributed by atoms with Crippen molar-refractivity contribution in [2.75, 3.05) is 0 Å². The third-order valence-corrected chi connectivity index (χ3v) is 6.56. The number of benzene rings is 2. The Morgan fingerprint density at radius 3 is 2.71 bits per heavy atom. The Labute approximate surface area is 198 Å². The van der Waals surface area contributed by atoms with Gasteiger partial charge in [-0.3, -0.25) is 24.7 Å². The van der Waals surface area contributed by atoms with Gasteiger partial charge in [-0.05, 0) is 54.3 Å². The summed E-state index contributed by atoms with van der Waals surface area (Å²) in [6.07, 6.45) is 2.40. The number of hydrogen-bond acceptors (Lipinski definition) is 5. The van der Waals surface area contributed by atoms with Crippen LogP contribution in [0.15, 0.2) is 66.9 Å². The number of pyridine rings is 1. The zero-order valence-electron chi connectivity index (χ0n) is 19.0. The minimum absolute atomic E-state index is 0.170. The predicted octanol–water partition coefficient (Wildman–Crippen LogP) is 3.36. The van der Waals surface area contributed by atoms with Crippen LogP contribution < -0.4 is 10.6 Å². The van der Waals surface area contributed by atoms with E-state index in [2.05, 4.69) is 40.7 Å². The van der Waals surface area contributed by atoms with Gasteiger partial charge in [0.15, 0.2) is 0 Å². The van der Waals surface area contributed by atoms with E-state index in [1.54, 1.807) is 11.1 Å². The van der Waals surface area contributed by atoms with Crippen LogP contribution in [0.3, 0.4) is 0 Å². The first-order valence-corrected chi connectivity index (χ1v) is 11.5. The lowest BCUT2D eigenvalue weighted by Crippen LogP contribution is -2.52. The standard InChI is InChI=1S/C27H26N4O3/c1-17(19-5-3-2-4-6-19)29-15-18-11-12-28-23(13-18)20-7-8-22-21(14-20)16-31(27(22)34)24-9-10-25(32)30-26(24)33/h2-8,11-14,17,24,29H,9-10,15-16H2,1H3,(H,30,32,33)/t17-,24?/m0/s1. The summed E-state index contributed by atoms with van der Waals surface area (Å²) in [6, 6.07) is 19.7. The van der Waals surface area contributed by atoms with Gasteiger partial charge in [-0.15, -0.1) is 0 Å². The maximum Gasteiger partial charge on any atom is 0.255 e. The van der Waals surface area contributed by atoms with E-state index in [1.807, 2.05) is 42.5 Å². The molecule has 7 nitrogen and oxygen atoms in total. The van der Waals surface area contributed by atoms with Crippen molar-refractivity contribution in [3.63, 3.8) is 0 Å². The van der Waals surface area contributed by atoms with Crippen molar-refractivity contribution in [1.29, 1.82) is 0 Å². The summed E-state index contributed by atoms with van der Waals surface area (Å²) in [5.41, 5.74) is 5.59. The highest BCUT2D eigenvalue weighted by Gasteiger charge is 2.39. The molecule has 5 rings (SSSR count). The summed E-state index contributed by atoms with van der Waals surface area (Å²) in [4.78, 5) is 42.8. The molecular formula is C27H26N4O3. The molecule has 1 fully saturated rings. The fourth-order valence-corrected chi connectivity index (χ4v) is 4.61. The molecule has 2 aliphatic heterocycles. The molecular weight excluding hydrogens is 428 g/mol. The van der Waals surface area contributed by atoms with Crippen LogP contribution in [0.1, 0.15) is 52.9 Å². The minimum Gasteiger partial charge on any atom is -0.322 e. The van der Waals surface area contributed by atoms with Crippen molar-refractivity contribution >= 4 is 17.7 Å². The van der Waals surface area contributed by atoms with Gasteiger partial charge in [0.2, 0.25) is 11.8 Å². The van der Waals surface area contributed by atoms with Crippen LogP contribution in [0, 0.1) is 0 Å². The van der Waals surface area contributed by atoms with Gasteiger partial charge in [0.25, 0.3) is 5.91 Å². The van der Waals surface area contributed by atoms with Gasteiger partial charge >= 0.3 is 0 Å². The van der Waals surface area contributed by atoms with E-state index in [0.717, 1.165) is 22.4 Å². The number of fused-ring (bicyclic) bond motifs is 1. The van der Waals surface area contributed by atoms with Gasteiger partial charge in [-0.2, -0.15) is 0 Å². The van der Waals surface area contributed by atoms with Gasteiger partial charge < -0.3 is 10.2 Å². The van der Waals surface area contributed by atoms with Crippen molar-refractivity contribution in [1.82, 2.24) is 20.5 Å². The van der Waals surface area contributed by atoms with Crippen molar-refractivity contribution in [3.05, 3.63) is 89.1 Å². The molecule has 1 unspecified atom stereocenters. The first kappa shape index (κ1) is 22.0. The normalized spacial score (nSPS) is 18.6. The Hall–Kier alpha value is -3.84. The van der Waals surface area contributed by atoms with Crippen LogP contribution in [0.2, 0.25) is 0 Å². The lowest BCUT2D eigenvalue weighted by molar-refractivity contribution is -0.136. The number of hydrogen-bond donors (Lipinski definition) is 2. The number of aromatic nitrogens is 1. The van der Waals surface area contributed by atoms with Crippen molar-refractivity contribution in [2.45, 2.75) is 44.9 Å².